The summed E-state index contributed by atoms with van der Waals surface area (Å²) in [6, 6.07) is 14.7. The quantitative estimate of drug-likeness (QED) is 0.287. The molecule has 32 heavy (non-hydrogen) atoms. The molecular weight excluding hydrogens is 407 g/mol. The number of benzene rings is 2. The second-order valence-corrected chi connectivity index (χ2v) is 8.05. The average molecular weight is 435 g/mol. The number of ketones is 1. The van der Waals surface area contributed by atoms with Crippen LogP contribution in [0.2, 0.25) is 0 Å². The summed E-state index contributed by atoms with van der Waals surface area (Å²) in [5, 5.41) is 0.163. The molecule has 0 spiro atoms. The van der Waals surface area contributed by atoms with Gasteiger partial charge in [0, 0.05) is 54.9 Å². The van der Waals surface area contributed by atoms with E-state index in [2.05, 4.69) is 23.7 Å². The van der Waals surface area contributed by atoms with Gasteiger partial charge in [-0.25, -0.2) is 4.39 Å². The van der Waals surface area contributed by atoms with Crippen molar-refractivity contribution in [3.8, 4) is 0 Å². The Kier molecular flexibility index (Phi) is 6.35. The van der Waals surface area contributed by atoms with E-state index in [4.69, 9.17) is 4.99 Å². The molecule has 0 saturated carbocycles. The molecule has 1 N–H and O–H groups in total. The normalized spacial score (nSPS) is 15.8. The van der Waals surface area contributed by atoms with Crippen molar-refractivity contribution in [2.75, 3.05) is 26.2 Å². The molecule has 0 bridgehead atoms. The molecule has 4 rings (SSSR count). The van der Waals surface area contributed by atoms with Gasteiger partial charge < -0.3 is 14.8 Å². The number of nitrogens with one attached hydrogen (secondary N) is 1. The summed E-state index contributed by atoms with van der Waals surface area (Å²) in [6.07, 6.45) is 2.35. The summed E-state index contributed by atoms with van der Waals surface area (Å²) in [5.41, 5.74) is 1.62. The van der Waals surface area contributed by atoms with Gasteiger partial charge in [0.05, 0.1) is 5.56 Å². The molecule has 1 saturated heterocycles. The Morgan fingerprint density at radius 3 is 2.41 bits per heavy atom. The van der Waals surface area contributed by atoms with E-state index in [1.54, 1.807) is 17.0 Å². The number of aromatic amines is 1. The van der Waals surface area contributed by atoms with Gasteiger partial charge in [0.15, 0.2) is 0 Å². The van der Waals surface area contributed by atoms with Crippen molar-refractivity contribution in [1.29, 1.82) is 0 Å². The number of halogens is 1. The lowest BCUT2D eigenvalue weighted by Crippen LogP contribution is -2.52. The third-order valence-electron chi connectivity index (χ3n) is 5.93. The first-order chi connectivity index (χ1) is 15.5. The Hall–Kier alpha value is -3.48. The van der Waals surface area contributed by atoms with E-state index in [0.717, 1.165) is 17.8 Å². The predicted octanol–water partition coefficient (Wildman–Crippen LogP) is 3.88. The van der Waals surface area contributed by atoms with Crippen LogP contribution in [0, 0.1) is 5.82 Å². The number of rotatable bonds is 5. The monoisotopic (exact) mass is 434 g/mol. The van der Waals surface area contributed by atoms with Gasteiger partial charge in [-0.05, 0) is 25.5 Å². The zero-order valence-electron chi connectivity index (χ0n) is 18.3. The molecule has 7 heteroatoms. The van der Waals surface area contributed by atoms with Crippen LogP contribution >= 0.6 is 0 Å². The van der Waals surface area contributed by atoms with Crippen LogP contribution in [0.4, 0.5) is 4.39 Å². The molecule has 2 aromatic carbocycles. The summed E-state index contributed by atoms with van der Waals surface area (Å²) in [7, 11) is 0. The molecule has 1 aromatic heterocycles. The second-order valence-electron chi connectivity index (χ2n) is 8.05. The van der Waals surface area contributed by atoms with Gasteiger partial charge >= 0.3 is 0 Å². The van der Waals surface area contributed by atoms with Crippen molar-refractivity contribution in [3.05, 3.63) is 71.7 Å². The Labute approximate surface area is 186 Å². The Morgan fingerprint density at radius 1 is 1.03 bits per heavy atom. The predicted molar refractivity (Wildman–Crippen MR) is 123 cm³/mol. The molecule has 166 valence electrons. The number of hydrogen-bond donors (Lipinski definition) is 1. The van der Waals surface area contributed by atoms with Gasteiger partial charge in [-0.1, -0.05) is 43.3 Å². The number of amides is 1. The van der Waals surface area contributed by atoms with Gasteiger partial charge in [0.1, 0.15) is 11.7 Å². The molecular formula is C25H27FN4O2. The first-order valence-corrected chi connectivity index (χ1v) is 11.0. The van der Waals surface area contributed by atoms with E-state index >= 15 is 0 Å². The van der Waals surface area contributed by atoms with Crippen LogP contribution in [-0.2, 0) is 4.79 Å². The van der Waals surface area contributed by atoms with Crippen LogP contribution in [0.1, 0.15) is 36.2 Å². The third-order valence-corrected chi connectivity index (χ3v) is 5.93. The number of hydrogen-bond acceptors (Lipinski definition) is 3. The smallest absolute Gasteiger partial charge is 0.295 e. The number of aromatic nitrogens is 1. The average Bonchev–Trinajstić information content (AvgIpc) is 3.27. The maximum Gasteiger partial charge on any atom is 0.295 e. The molecule has 2 heterocycles. The summed E-state index contributed by atoms with van der Waals surface area (Å²) in [6.45, 7) is 6.15. The second kappa shape index (κ2) is 9.34. The first kappa shape index (κ1) is 21.7. The van der Waals surface area contributed by atoms with Crippen molar-refractivity contribution in [2.45, 2.75) is 26.3 Å². The van der Waals surface area contributed by atoms with Crippen LogP contribution < -0.4 is 0 Å². The topological polar surface area (TPSA) is 68.8 Å². The van der Waals surface area contributed by atoms with Crippen LogP contribution in [0.5, 0.6) is 0 Å². The number of Topliss-reactive ketones (excluding diaryl/α,β-unsaturated/α-hetero) is 1. The zero-order chi connectivity index (χ0) is 22.7. The minimum Gasteiger partial charge on any atom is -0.360 e. The highest BCUT2D eigenvalue weighted by molar-refractivity contribution is 6.44. The minimum atomic E-state index is -0.689. The fourth-order valence-corrected chi connectivity index (χ4v) is 3.93. The number of H-pyrrole nitrogens is 1. The van der Waals surface area contributed by atoms with E-state index < -0.39 is 17.5 Å². The molecule has 6 nitrogen and oxygen atoms in total. The van der Waals surface area contributed by atoms with Crippen molar-refractivity contribution in [1.82, 2.24) is 14.8 Å². The summed E-state index contributed by atoms with van der Waals surface area (Å²) >= 11 is 0. The largest absolute Gasteiger partial charge is 0.360 e. The molecule has 1 unspecified atom stereocenters. The van der Waals surface area contributed by atoms with Gasteiger partial charge in [-0.15, -0.1) is 0 Å². The van der Waals surface area contributed by atoms with Crippen LogP contribution in [0.15, 0.2) is 59.7 Å². The van der Waals surface area contributed by atoms with E-state index in [9.17, 15) is 14.0 Å². The SMILES string of the molecule is CCC(C)N=C(c1ccccc1)N1CCN(C(=O)C(=O)c2c[nH]c3cccc(F)c23)CC1. The van der Waals surface area contributed by atoms with Gasteiger partial charge in [-0.2, -0.15) is 0 Å². The number of amidine groups is 1. The molecule has 1 atom stereocenters. The Balaban J connectivity index is 1.49. The highest BCUT2D eigenvalue weighted by atomic mass is 19.1. The van der Waals surface area contributed by atoms with E-state index in [-0.39, 0.29) is 17.0 Å². The number of piperazine rings is 1. The van der Waals surface area contributed by atoms with Gasteiger partial charge in [0.2, 0.25) is 0 Å². The standard InChI is InChI=1S/C25H27FN4O2/c1-3-17(2)28-24(18-8-5-4-6-9-18)29-12-14-30(15-13-29)25(32)23(31)19-16-27-21-11-7-10-20(26)22(19)21/h4-11,16-17,27H,3,12-15H2,1-2H3. The molecule has 3 aromatic rings. The number of fused-ring (bicyclic) bond motifs is 1. The maximum atomic E-state index is 14.3. The molecule has 1 aliphatic rings. The maximum absolute atomic E-state index is 14.3. The minimum absolute atomic E-state index is 0.0776. The summed E-state index contributed by atoms with van der Waals surface area (Å²) < 4.78 is 14.3. The number of carbonyl (C=O) groups is 2. The van der Waals surface area contributed by atoms with Gasteiger partial charge in [0.25, 0.3) is 11.7 Å². The molecule has 0 aliphatic carbocycles. The Morgan fingerprint density at radius 2 is 1.72 bits per heavy atom. The number of nitrogens with zero attached hydrogens (tertiary/aromatic N) is 3. The highest BCUT2D eigenvalue weighted by Gasteiger charge is 2.30. The van der Waals surface area contributed by atoms with Crippen molar-refractivity contribution in [3.63, 3.8) is 0 Å². The fourth-order valence-electron chi connectivity index (χ4n) is 3.93. The zero-order valence-corrected chi connectivity index (χ0v) is 18.3. The molecule has 0 radical (unpaired) electrons. The molecule has 1 amide bonds. The first-order valence-electron chi connectivity index (χ1n) is 11.0. The van der Waals surface area contributed by atoms with Crippen molar-refractivity contribution in [2.24, 2.45) is 4.99 Å². The lowest BCUT2D eigenvalue weighted by molar-refractivity contribution is -0.127. The lowest BCUT2D eigenvalue weighted by Gasteiger charge is -2.36. The van der Waals surface area contributed by atoms with Gasteiger partial charge in [-0.3, -0.25) is 14.6 Å². The summed E-state index contributed by atoms with van der Waals surface area (Å²) in [4.78, 5) is 37.3. The van der Waals surface area contributed by atoms with Crippen molar-refractivity contribution >= 4 is 28.4 Å². The van der Waals surface area contributed by atoms with Crippen LogP contribution in [-0.4, -0.2) is 64.5 Å². The van der Waals surface area contributed by atoms with Crippen molar-refractivity contribution < 1.29 is 14.0 Å². The highest BCUT2D eigenvalue weighted by Crippen LogP contribution is 2.23. The Bertz CT molecular complexity index is 1150. The van der Waals surface area contributed by atoms with Crippen LogP contribution in [0.25, 0.3) is 10.9 Å². The summed E-state index contributed by atoms with van der Waals surface area (Å²) in [5.74, 6) is -0.893. The lowest BCUT2D eigenvalue weighted by atomic mass is 10.1. The number of carbonyl (C=O) groups excluding carboxylic acids is 2. The van der Waals surface area contributed by atoms with E-state index in [1.165, 1.54) is 12.3 Å². The molecule has 1 fully saturated rings. The molecule has 1 aliphatic heterocycles. The van der Waals surface area contributed by atoms with E-state index in [1.807, 2.05) is 30.3 Å². The third kappa shape index (κ3) is 4.28. The van der Waals surface area contributed by atoms with Crippen LogP contribution in [0.3, 0.4) is 0 Å². The van der Waals surface area contributed by atoms with E-state index in [0.29, 0.717) is 31.7 Å². The number of aliphatic imine (C=N–C) groups is 1. The fraction of sp³-hybridized carbons (Fsp3) is 0.320.